The minimum absolute atomic E-state index is 0.231. The molecule has 1 heterocycles. The van der Waals surface area contributed by atoms with E-state index in [9.17, 15) is 13.2 Å². The van der Waals surface area contributed by atoms with Crippen LogP contribution in [0.1, 0.15) is 29.5 Å². The van der Waals surface area contributed by atoms with Crippen molar-refractivity contribution in [1.29, 1.82) is 0 Å². The first-order valence-electron chi connectivity index (χ1n) is 8.76. The predicted octanol–water partition coefficient (Wildman–Crippen LogP) is 3.40. The molecule has 1 N–H and O–H groups in total. The summed E-state index contributed by atoms with van der Waals surface area (Å²) < 4.78 is 27.3. The molecule has 0 spiro atoms. The summed E-state index contributed by atoms with van der Waals surface area (Å²) >= 11 is 0. The van der Waals surface area contributed by atoms with E-state index in [0.29, 0.717) is 19.4 Å². The molecule has 1 aliphatic heterocycles. The van der Waals surface area contributed by atoms with Crippen molar-refractivity contribution in [3.05, 3.63) is 59.2 Å². The van der Waals surface area contributed by atoms with E-state index < -0.39 is 16.1 Å². The lowest BCUT2D eigenvalue weighted by atomic mass is 10.1. The first-order valence-corrected chi connectivity index (χ1v) is 10.2. The van der Waals surface area contributed by atoms with Gasteiger partial charge in [0.2, 0.25) is 15.9 Å². The van der Waals surface area contributed by atoms with E-state index in [2.05, 4.69) is 5.32 Å². The number of carbonyl (C=O) groups excluding carboxylic acids is 1. The molecule has 0 saturated carbocycles. The molecule has 2 aromatic rings. The van der Waals surface area contributed by atoms with Gasteiger partial charge < -0.3 is 5.32 Å². The number of nitrogens with one attached hydrogen (secondary N) is 1. The van der Waals surface area contributed by atoms with E-state index in [1.54, 1.807) is 24.3 Å². The van der Waals surface area contributed by atoms with Crippen LogP contribution in [0.2, 0.25) is 0 Å². The van der Waals surface area contributed by atoms with Crippen LogP contribution in [0.5, 0.6) is 0 Å². The van der Waals surface area contributed by atoms with Crippen LogP contribution >= 0.6 is 0 Å². The average molecular weight is 372 g/mol. The van der Waals surface area contributed by atoms with Crippen molar-refractivity contribution in [1.82, 2.24) is 4.31 Å². The Morgan fingerprint density at radius 2 is 1.77 bits per heavy atom. The van der Waals surface area contributed by atoms with Crippen LogP contribution in [-0.4, -0.2) is 31.2 Å². The van der Waals surface area contributed by atoms with Gasteiger partial charge in [0.05, 0.1) is 4.90 Å². The van der Waals surface area contributed by atoms with Crippen LogP contribution < -0.4 is 5.32 Å². The second-order valence-corrected chi connectivity index (χ2v) is 8.71. The molecule has 1 aliphatic rings. The average Bonchev–Trinajstić information content (AvgIpc) is 3.10. The Morgan fingerprint density at radius 1 is 1.08 bits per heavy atom. The Kier molecular flexibility index (Phi) is 5.16. The fourth-order valence-electron chi connectivity index (χ4n) is 3.24. The Labute approximate surface area is 155 Å². The highest BCUT2D eigenvalue weighted by Crippen LogP contribution is 2.28. The number of amides is 1. The largest absolute Gasteiger partial charge is 0.324 e. The highest BCUT2D eigenvalue weighted by molar-refractivity contribution is 7.89. The summed E-state index contributed by atoms with van der Waals surface area (Å²) in [6.07, 6.45) is 1.21. The maximum absolute atomic E-state index is 13.0. The van der Waals surface area contributed by atoms with Gasteiger partial charge in [-0.2, -0.15) is 4.31 Å². The van der Waals surface area contributed by atoms with Gasteiger partial charge in [0.15, 0.2) is 0 Å². The Hall–Kier alpha value is -2.18. The smallest absolute Gasteiger partial charge is 0.243 e. The summed E-state index contributed by atoms with van der Waals surface area (Å²) in [6, 6.07) is 11.8. The molecule has 3 rings (SSSR count). The van der Waals surface area contributed by atoms with E-state index in [4.69, 9.17) is 0 Å². The van der Waals surface area contributed by atoms with E-state index in [1.165, 1.54) is 4.31 Å². The molecular weight excluding hydrogens is 348 g/mol. The highest BCUT2D eigenvalue weighted by Gasteiger charge is 2.39. The number of aryl methyl sites for hydroxylation is 2. The molecular formula is C20H24N2O3S. The summed E-state index contributed by atoms with van der Waals surface area (Å²) in [6.45, 7) is 6.20. The first kappa shape index (κ1) is 18.6. The Balaban J connectivity index is 1.84. The molecule has 0 radical (unpaired) electrons. The maximum atomic E-state index is 13.0. The van der Waals surface area contributed by atoms with Crippen LogP contribution in [0.15, 0.2) is 47.4 Å². The number of hydrogen-bond donors (Lipinski definition) is 1. The molecule has 1 fully saturated rings. The van der Waals surface area contributed by atoms with Gasteiger partial charge in [-0.1, -0.05) is 29.8 Å². The lowest BCUT2D eigenvalue weighted by molar-refractivity contribution is -0.119. The Morgan fingerprint density at radius 3 is 2.46 bits per heavy atom. The molecule has 0 bridgehead atoms. The third-order valence-corrected chi connectivity index (χ3v) is 6.92. The van der Waals surface area contributed by atoms with Crippen molar-refractivity contribution in [2.75, 3.05) is 11.9 Å². The van der Waals surface area contributed by atoms with Gasteiger partial charge in [0, 0.05) is 12.2 Å². The molecule has 26 heavy (non-hydrogen) atoms. The van der Waals surface area contributed by atoms with E-state index in [1.807, 2.05) is 39.0 Å². The summed E-state index contributed by atoms with van der Waals surface area (Å²) in [5.41, 5.74) is 3.80. The summed E-state index contributed by atoms with van der Waals surface area (Å²) in [5, 5.41) is 2.91. The summed E-state index contributed by atoms with van der Waals surface area (Å²) in [4.78, 5) is 13.0. The van der Waals surface area contributed by atoms with Crippen LogP contribution in [0, 0.1) is 20.8 Å². The zero-order valence-electron chi connectivity index (χ0n) is 15.3. The van der Waals surface area contributed by atoms with Crippen molar-refractivity contribution in [3.63, 3.8) is 0 Å². The lowest BCUT2D eigenvalue weighted by Gasteiger charge is -2.24. The van der Waals surface area contributed by atoms with Gasteiger partial charge in [0.1, 0.15) is 6.04 Å². The van der Waals surface area contributed by atoms with Crippen molar-refractivity contribution in [2.24, 2.45) is 0 Å². The van der Waals surface area contributed by atoms with Crippen molar-refractivity contribution < 1.29 is 13.2 Å². The summed E-state index contributed by atoms with van der Waals surface area (Å²) in [7, 11) is -3.69. The molecule has 0 aromatic heterocycles. The standard InChI is InChI=1S/C20H24N2O3S/c1-14-9-11-17(12-10-14)26(24,25)22-13-5-8-19(22)20(23)21-18-7-4-6-15(2)16(18)3/h4,6-7,9-12,19H,5,8,13H2,1-3H3,(H,21,23)/t19-/m1/s1. The minimum atomic E-state index is -3.69. The quantitative estimate of drug-likeness (QED) is 0.894. The van der Waals surface area contributed by atoms with Gasteiger partial charge in [-0.15, -0.1) is 0 Å². The fraction of sp³-hybridized carbons (Fsp3) is 0.350. The fourth-order valence-corrected chi connectivity index (χ4v) is 4.89. The van der Waals surface area contributed by atoms with E-state index in [0.717, 1.165) is 22.4 Å². The molecule has 1 amide bonds. The molecule has 138 valence electrons. The molecule has 0 unspecified atom stereocenters. The second-order valence-electron chi connectivity index (χ2n) is 6.82. The van der Waals surface area contributed by atoms with Crippen molar-refractivity contribution in [2.45, 2.75) is 44.6 Å². The number of nitrogens with zero attached hydrogens (tertiary/aromatic N) is 1. The topological polar surface area (TPSA) is 66.5 Å². The zero-order valence-corrected chi connectivity index (χ0v) is 16.1. The second kappa shape index (κ2) is 7.21. The summed E-state index contributed by atoms with van der Waals surface area (Å²) in [5.74, 6) is -0.271. The predicted molar refractivity (Wildman–Crippen MR) is 103 cm³/mol. The molecule has 2 aromatic carbocycles. The third kappa shape index (κ3) is 3.52. The molecule has 5 nitrogen and oxygen atoms in total. The van der Waals surface area contributed by atoms with Gasteiger partial charge in [0.25, 0.3) is 0 Å². The van der Waals surface area contributed by atoms with Gasteiger partial charge in [-0.3, -0.25) is 4.79 Å². The Bertz CT molecular complexity index is 921. The van der Waals surface area contributed by atoms with Gasteiger partial charge in [-0.05, 0) is 62.9 Å². The van der Waals surface area contributed by atoms with Crippen LogP contribution in [0.4, 0.5) is 5.69 Å². The number of benzene rings is 2. The molecule has 0 aliphatic carbocycles. The number of rotatable bonds is 4. The molecule has 1 atom stereocenters. The number of carbonyl (C=O) groups is 1. The third-order valence-electron chi connectivity index (χ3n) is 5.00. The lowest BCUT2D eigenvalue weighted by Crippen LogP contribution is -2.43. The SMILES string of the molecule is Cc1ccc(S(=O)(=O)N2CCC[C@@H]2C(=O)Nc2cccc(C)c2C)cc1. The monoisotopic (exact) mass is 372 g/mol. The molecule has 1 saturated heterocycles. The number of sulfonamides is 1. The van der Waals surface area contributed by atoms with Crippen LogP contribution in [-0.2, 0) is 14.8 Å². The van der Waals surface area contributed by atoms with Crippen LogP contribution in [0.3, 0.4) is 0 Å². The first-order chi connectivity index (χ1) is 12.3. The minimum Gasteiger partial charge on any atom is -0.324 e. The maximum Gasteiger partial charge on any atom is 0.243 e. The van der Waals surface area contributed by atoms with Crippen molar-refractivity contribution >= 4 is 21.6 Å². The molecule has 6 heteroatoms. The van der Waals surface area contributed by atoms with Gasteiger partial charge in [-0.25, -0.2) is 8.42 Å². The number of hydrogen-bond acceptors (Lipinski definition) is 3. The van der Waals surface area contributed by atoms with E-state index >= 15 is 0 Å². The van der Waals surface area contributed by atoms with Crippen molar-refractivity contribution in [3.8, 4) is 0 Å². The highest BCUT2D eigenvalue weighted by atomic mass is 32.2. The normalized spacial score (nSPS) is 18.0. The van der Waals surface area contributed by atoms with Crippen LogP contribution in [0.25, 0.3) is 0 Å². The van der Waals surface area contributed by atoms with E-state index in [-0.39, 0.29) is 10.8 Å². The number of anilines is 1. The van der Waals surface area contributed by atoms with Gasteiger partial charge >= 0.3 is 0 Å². The zero-order chi connectivity index (χ0) is 18.9.